The van der Waals surface area contributed by atoms with Crippen LogP contribution in [0.1, 0.15) is 20.8 Å². The summed E-state index contributed by atoms with van der Waals surface area (Å²) in [6, 6.07) is 0.155. The van der Waals surface area contributed by atoms with Crippen molar-refractivity contribution in [3.63, 3.8) is 0 Å². The van der Waals surface area contributed by atoms with Gasteiger partial charge in [-0.05, 0) is 32.4 Å². The van der Waals surface area contributed by atoms with Crippen molar-refractivity contribution in [2.24, 2.45) is 5.41 Å². The monoisotopic (exact) mass is 287 g/mol. The number of anilines is 1. The van der Waals surface area contributed by atoms with E-state index in [0.29, 0.717) is 13.2 Å². The Morgan fingerprint density at radius 1 is 1.37 bits per heavy atom. The summed E-state index contributed by atoms with van der Waals surface area (Å²) in [5.74, 6) is 0.200. The molecular weight excluding hydrogens is 270 g/mol. The second-order valence-corrected chi connectivity index (χ2v) is 4.80. The van der Waals surface area contributed by atoms with E-state index in [4.69, 9.17) is 16.3 Å². The summed E-state index contributed by atoms with van der Waals surface area (Å²) in [4.78, 5) is 23.4. The van der Waals surface area contributed by atoms with E-state index in [-0.39, 0.29) is 23.1 Å². The van der Waals surface area contributed by atoms with Crippen LogP contribution in [0.4, 0.5) is 5.95 Å². The highest BCUT2D eigenvalue weighted by atomic mass is 35.5. The molecule has 0 bridgehead atoms. The van der Waals surface area contributed by atoms with Gasteiger partial charge in [-0.3, -0.25) is 4.79 Å². The maximum atomic E-state index is 11.6. The van der Waals surface area contributed by atoms with Crippen LogP contribution in [0.3, 0.4) is 0 Å². The van der Waals surface area contributed by atoms with Crippen LogP contribution < -0.4 is 15.4 Å². The van der Waals surface area contributed by atoms with Crippen LogP contribution in [-0.2, 0) is 4.79 Å². The molecule has 19 heavy (non-hydrogen) atoms. The molecule has 1 rings (SSSR count). The first-order valence-corrected chi connectivity index (χ1v) is 6.27. The highest BCUT2D eigenvalue weighted by molar-refractivity contribution is 6.28. The van der Waals surface area contributed by atoms with Gasteiger partial charge in [-0.15, -0.1) is 0 Å². The van der Waals surface area contributed by atoms with Crippen molar-refractivity contribution in [3.8, 4) is 6.01 Å². The SMILES string of the molecule is CCOc1nc(Cl)nc(NCC(C)(C)C(=O)NC)n1. The van der Waals surface area contributed by atoms with Crippen LogP contribution in [-0.4, -0.2) is 41.1 Å². The Hall–Kier alpha value is -1.63. The number of aromatic nitrogens is 3. The quantitative estimate of drug-likeness (QED) is 0.815. The van der Waals surface area contributed by atoms with Gasteiger partial charge in [0.05, 0.1) is 12.0 Å². The van der Waals surface area contributed by atoms with Gasteiger partial charge >= 0.3 is 6.01 Å². The van der Waals surface area contributed by atoms with E-state index in [2.05, 4.69) is 25.6 Å². The lowest BCUT2D eigenvalue weighted by atomic mass is 9.92. The van der Waals surface area contributed by atoms with Gasteiger partial charge in [0.25, 0.3) is 0 Å². The highest BCUT2D eigenvalue weighted by Crippen LogP contribution is 2.17. The molecule has 2 N–H and O–H groups in total. The number of hydrogen-bond acceptors (Lipinski definition) is 6. The van der Waals surface area contributed by atoms with Crippen LogP contribution in [0.5, 0.6) is 6.01 Å². The summed E-state index contributed by atoms with van der Waals surface area (Å²) in [5.41, 5.74) is -0.598. The fourth-order valence-electron chi connectivity index (χ4n) is 1.32. The molecular formula is C11H18ClN5O2. The Morgan fingerprint density at radius 3 is 2.63 bits per heavy atom. The van der Waals surface area contributed by atoms with Crippen molar-refractivity contribution < 1.29 is 9.53 Å². The normalized spacial score (nSPS) is 11.0. The smallest absolute Gasteiger partial charge is 0.322 e. The van der Waals surface area contributed by atoms with Crippen molar-refractivity contribution in [2.45, 2.75) is 20.8 Å². The van der Waals surface area contributed by atoms with Crippen molar-refractivity contribution >= 4 is 23.5 Å². The van der Waals surface area contributed by atoms with Gasteiger partial charge in [0.1, 0.15) is 0 Å². The second-order valence-electron chi connectivity index (χ2n) is 4.46. The average molecular weight is 288 g/mol. The summed E-state index contributed by atoms with van der Waals surface area (Å²) in [6.45, 7) is 6.23. The molecule has 0 saturated heterocycles. The first-order chi connectivity index (χ1) is 8.89. The number of nitrogens with zero attached hydrogens (tertiary/aromatic N) is 3. The van der Waals surface area contributed by atoms with E-state index in [9.17, 15) is 4.79 Å². The van der Waals surface area contributed by atoms with Gasteiger partial charge < -0.3 is 15.4 Å². The van der Waals surface area contributed by atoms with Crippen LogP contribution in [0.25, 0.3) is 0 Å². The largest absolute Gasteiger partial charge is 0.464 e. The third-order valence-corrected chi connectivity index (χ3v) is 2.56. The fraction of sp³-hybridized carbons (Fsp3) is 0.636. The molecule has 7 nitrogen and oxygen atoms in total. The summed E-state index contributed by atoms with van der Waals surface area (Å²) in [7, 11) is 1.59. The summed E-state index contributed by atoms with van der Waals surface area (Å²) in [5, 5.41) is 5.59. The van der Waals surface area contributed by atoms with Gasteiger partial charge in [-0.1, -0.05) is 0 Å². The van der Waals surface area contributed by atoms with E-state index < -0.39 is 5.41 Å². The molecule has 0 fully saturated rings. The molecule has 0 aromatic carbocycles. The Labute approximate surface area is 117 Å². The molecule has 1 amide bonds. The number of halogens is 1. The third-order valence-electron chi connectivity index (χ3n) is 2.39. The average Bonchev–Trinajstić information content (AvgIpc) is 2.35. The highest BCUT2D eigenvalue weighted by Gasteiger charge is 2.26. The van der Waals surface area contributed by atoms with E-state index >= 15 is 0 Å². The summed E-state index contributed by atoms with van der Waals surface area (Å²) < 4.78 is 5.16. The van der Waals surface area contributed by atoms with Gasteiger partial charge in [-0.2, -0.15) is 15.0 Å². The molecule has 106 valence electrons. The fourth-order valence-corrected chi connectivity index (χ4v) is 1.48. The van der Waals surface area contributed by atoms with Crippen LogP contribution in [0.15, 0.2) is 0 Å². The Kier molecular flexibility index (Phi) is 5.29. The summed E-state index contributed by atoms with van der Waals surface area (Å²) in [6.07, 6.45) is 0. The van der Waals surface area contributed by atoms with Gasteiger partial charge in [-0.25, -0.2) is 0 Å². The lowest BCUT2D eigenvalue weighted by Crippen LogP contribution is -2.39. The van der Waals surface area contributed by atoms with E-state index in [1.54, 1.807) is 7.05 Å². The summed E-state index contributed by atoms with van der Waals surface area (Å²) >= 11 is 5.76. The van der Waals surface area contributed by atoms with Gasteiger partial charge in [0, 0.05) is 13.6 Å². The molecule has 0 radical (unpaired) electrons. The zero-order valence-corrected chi connectivity index (χ0v) is 12.2. The molecule has 0 unspecified atom stereocenters. The number of nitrogens with one attached hydrogen (secondary N) is 2. The molecule has 0 aliphatic carbocycles. The van der Waals surface area contributed by atoms with E-state index in [0.717, 1.165) is 0 Å². The van der Waals surface area contributed by atoms with E-state index in [1.165, 1.54) is 0 Å². The Balaban J connectivity index is 2.74. The molecule has 1 aromatic heterocycles. The lowest BCUT2D eigenvalue weighted by molar-refractivity contribution is -0.128. The minimum absolute atomic E-state index is 0.0405. The van der Waals surface area contributed by atoms with Crippen molar-refractivity contribution in [3.05, 3.63) is 5.28 Å². The first kappa shape index (κ1) is 15.4. The molecule has 8 heteroatoms. The number of carbonyl (C=O) groups is 1. The minimum Gasteiger partial charge on any atom is -0.464 e. The number of rotatable bonds is 6. The van der Waals surface area contributed by atoms with Gasteiger partial charge in [0.2, 0.25) is 17.1 Å². The second kappa shape index (κ2) is 6.51. The molecule has 1 heterocycles. The Morgan fingerprint density at radius 2 is 2.05 bits per heavy atom. The minimum atomic E-state index is -0.598. The number of hydrogen-bond donors (Lipinski definition) is 2. The van der Waals surface area contributed by atoms with Crippen LogP contribution >= 0.6 is 11.6 Å². The molecule has 0 atom stereocenters. The topological polar surface area (TPSA) is 89.0 Å². The maximum Gasteiger partial charge on any atom is 0.322 e. The van der Waals surface area contributed by atoms with Crippen molar-refractivity contribution in [1.82, 2.24) is 20.3 Å². The molecule has 0 spiro atoms. The standard InChI is InChI=1S/C11H18ClN5O2/c1-5-19-10-16-8(12)15-9(17-10)14-6-11(2,3)7(18)13-4/h5-6H2,1-4H3,(H,13,18)(H,14,15,16,17). The molecule has 0 saturated carbocycles. The zero-order chi connectivity index (χ0) is 14.5. The first-order valence-electron chi connectivity index (χ1n) is 5.89. The van der Waals surface area contributed by atoms with Crippen molar-refractivity contribution in [1.29, 1.82) is 0 Å². The third kappa shape index (κ3) is 4.51. The predicted molar refractivity (Wildman–Crippen MR) is 72.3 cm³/mol. The number of carbonyl (C=O) groups excluding carboxylic acids is 1. The number of amides is 1. The predicted octanol–water partition coefficient (Wildman–Crippen LogP) is 1.11. The molecule has 0 aliphatic heterocycles. The lowest BCUT2D eigenvalue weighted by Gasteiger charge is -2.22. The zero-order valence-electron chi connectivity index (χ0n) is 11.5. The van der Waals surface area contributed by atoms with Crippen LogP contribution in [0.2, 0.25) is 5.28 Å². The number of ether oxygens (including phenoxy) is 1. The maximum absolute atomic E-state index is 11.6. The van der Waals surface area contributed by atoms with Crippen LogP contribution in [0, 0.1) is 5.41 Å². The van der Waals surface area contributed by atoms with Crippen molar-refractivity contribution in [2.75, 3.05) is 25.5 Å². The van der Waals surface area contributed by atoms with E-state index in [1.807, 2.05) is 20.8 Å². The van der Waals surface area contributed by atoms with Gasteiger partial charge in [0.15, 0.2) is 0 Å². The molecule has 1 aromatic rings. The Bertz CT molecular complexity index is 453. The molecule has 0 aliphatic rings.